The Morgan fingerprint density at radius 1 is 1.33 bits per heavy atom. The Balaban J connectivity index is 2.29. The molecule has 1 aromatic heterocycles. The van der Waals surface area contributed by atoms with Crippen LogP contribution in [0, 0.1) is 6.92 Å². The van der Waals surface area contributed by atoms with Crippen molar-refractivity contribution in [3.8, 4) is 0 Å². The zero-order valence-corrected chi connectivity index (χ0v) is 11.9. The van der Waals surface area contributed by atoms with Crippen molar-refractivity contribution in [1.82, 2.24) is 4.90 Å². The van der Waals surface area contributed by atoms with Crippen molar-refractivity contribution in [2.45, 2.75) is 26.8 Å². The highest BCUT2D eigenvalue weighted by atomic mass is 16.4. The molecule has 5 heteroatoms. The van der Waals surface area contributed by atoms with Gasteiger partial charge >= 0.3 is 5.63 Å². The molecule has 0 saturated carbocycles. The molecule has 0 saturated heterocycles. The first-order valence-corrected chi connectivity index (χ1v) is 6.81. The van der Waals surface area contributed by atoms with Gasteiger partial charge in [0.1, 0.15) is 5.58 Å². The minimum absolute atomic E-state index is 0.0577. The number of rotatable bonds is 1. The second-order valence-electron chi connectivity index (χ2n) is 5.33. The summed E-state index contributed by atoms with van der Waals surface area (Å²) in [6, 6.07) is 3.73. The molecule has 0 radical (unpaired) electrons. The molecule has 1 aromatic carbocycles. The van der Waals surface area contributed by atoms with Crippen LogP contribution < -0.4 is 5.63 Å². The number of carbonyl (C=O) groups is 2. The lowest BCUT2D eigenvalue weighted by Crippen LogP contribution is -2.37. The van der Waals surface area contributed by atoms with Gasteiger partial charge in [-0.05, 0) is 24.5 Å². The van der Waals surface area contributed by atoms with Crippen LogP contribution in [0.2, 0.25) is 0 Å². The highest BCUT2D eigenvalue weighted by molar-refractivity contribution is 5.97. The third kappa shape index (κ3) is 2.05. The van der Waals surface area contributed by atoms with E-state index < -0.39 is 5.63 Å². The molecule has 5 nitrogen and oxygen atoms in total. The average Bonchev–Trinajstić information content (AvgIpc) is 2.47. The van der Waals surface area contributed by atoms with E-state index in [-0.39, 0.29) is 12.5 Å². The highest BCUT2D eigenvalue weighted by Crippen LogP contribution is 2.28. The molecule has 3 rings (SSSR count). The van der Waals surface area contributed by atoms with Gasteiger partial charge in [0.15, 0.2) is 6.29 Å². The van der Waals surface area contributed by atoms with Crippen LogP contribution in [0.4, 0.5) is 0 Å². The smallest absolute Gasteiger partial charge is 0.341 e. The molecule has 0 N–H and O–H groups in total. The van der Waals surface area contributed by atoms with E-state index in [1.165, 1.54) is 6.92 Å². The van der Waals surface area contributed by atoms with Gasteiger partial charge in [0.2, 0.25) is 5.91 Å². The monoisotopic (exact) mass is 285 g/mol. The lowest BCUT2D eigenvalue weighted by atomic mass is 9.95. The maximum Gasteiger partial charge on any atom is 0.341 e. The molecule has 0 fully saturated rings. The number of aldehydes is 1. The fraction of sp³-hybridized carbons (Fsp3) is 0.312. The molecule has 0 bridgehead atoms. The third-order valence-electron chi connectivity index (χ3n) is 4.09. The Morgan fingerprint density at radius 3 is 2.76 bits per heavy atom. The third-order valence-corrected chi connectivity index (χ3v) is 4.09. The largest absolute Gasteiger partial charge is 0.422 e. The van der Waals surface area contributed by atoms with Gasteiger partial charge in [-0.2, -0.15) is 0 Å². The molecule has 1 aliphatic heterocycles. The van der Waals surface area contributed by atoms with Gasteiger partial charge in [0.25, 0.3) is 0 Å². The Morgan fingerprint density at radius 2 is 2.10 bits per heavy atom. The summed E-state index contributed by atoms with van der Waals surface area (Å²) in [5.74, 6) is -0.0577. The maximum absolute atomic E-state index is 12.2. The summed E-state index contributed by atoms with van der Waals surface area (Å²) >= 11 is 0. The van der Waals surface area contributed by atoms with E-state index >= 15 is 0 Å². The van der Waals surface area contributed by atoms with Crippen LogP contribution in [0.15, 0.2) is 21.3 Å². The van der Waals surface area contributed by atoms with Crippen molar-refractivity contribution in [2.75, 3.05) is 6.54 Å². The zero-order valence-electron chi connectivity index (χ0n) is 11.9. The molecule has 1 aliphatic rings. The molecule has 0 atom stereocenters. The topological polar surface area (TPSA) is 67.6 Å². The second kappa shape index (κ2) is 4.84. The van der Waals surface area contributed by atoms with E-state index in [0.717, 1.165) is 22.8 Å². The van der Waals surface area contributed by atoms with Crippen LogP contribution >= 0.6 is 0 Å². The fourth-order valence-corrected chi connectivity index (χ4v) is 2.86. The molecule has 1 amide bonds. The van der Waals surface area contributed by atoms with Crippen molar-refractivity contribution >= 4 is 23.2 Å². The minimum Gasteiger partial charge on any atom is -0.422 e. The maximum atomic E-state index is 12.2. The molecule has 0 unspecified atom stereocenters. The molecule has 21 heavy (non-hydrogen) atoms. The number of fused-ring (bicyclic) bond motifs is 3. The van der Waals surface area contributed by atoms with E-state index in [9.17, 15) is 14.4 Å². The number of carbonyl (C=O) groups excluding carboxylic acids is 2. The Hall–Kier alpha value is -2.43. The van der Waals surface area contributed by atoms with E-state index in [0.29, 0.717) is 29.7 Å². The van der Waals surface area contributed by atoms with E-state index in [1.54, 1.807) is 11.8 Å². The Bertz CT molecular complexity index is 819. The number of benzene rings is 1. The molecular weight excluding hydrogens is 270 g/mol. The quantitative estimate of drug-likeness (QED) is 0.592. The number of hydrogen-bond acceptors (Lipinski definition) is 4. The van der Waals surface area contributed by atoms with Gasteiger partial charge in [-0.1, -0.05) is 12.1 Å². The van der Waals surface area contributed by atoms with Gasteiger partial charge in [0, 0.05) is 18.9 Å². The fourth-order valence-electron chi connectivity index (χ4n) is 2.86. The van der Waals surface area contributed by atoms with Gasteiger partial charge in [0.05, 0.1) is 17.7 Å². The van der Waals surface area contributed by atoms with Crippen molar-refractivity contribution in [3.63, 3.8) is 0 Å². The summed E-state index contributed by atoms with van der Waals surface area (Å²) in [6.07, 6.45) is 1.32. The molecule has 2 aromatic rings. The van der Waals surface area contributed by atoms with Crippen LogP contribution in [-0.4, -0.2) is 23.6 Å². The first-order chi connectivity index (χ1) is 10.0. The summed E-state index contributed by atoms with van der Waals surface area (Å²) < 4.78 is 5.37. The van der Waals surface area contributed by atoms with E-state index in [4.69, 9.17) is 4.42 Å². The number of nitrogens with zero attached hydrogens (tertiary/aromatic N) is 1. The van der Waals surface area contributed by atoms with Gasteiger partial charge < -0.3 is 9.32 Å². The number of aryl methyl sites for hydroxylation is 1. The normalized spacial score (nSPS) is 14.1. The summed E-state index contributed by atoms with van der Waals surface area (Å²) in [5, 5.41) is 0.792. The van der Waals surface area contributed by atoms with Gasteiger partial charge in [-0.15, -0.1) is 0 Å². The van der Waals surface area contributed by atoms with Gasteiger partial charge in [-0.25, -0.2) is 4.79 Å². The van der Waals surface area contributed by atoms with Crippen molar-refractivity contribution in [1.29, 1.82) is 0 Å². The van der Waals surface area contributed by atoms with Crippen LogP contribution in [-0.2, 0) is 17.8 Å². The first-order valence-electron chi connectivity index (χ1n) is 6.81. The van der Waals surface area contributed by atoms with Gasteiger partial charge in [-0.3, -0.25) is 9.59 Å². The van der Waals surface area contributed by atoms with Crippen LogP contribution in [0.3, 0.4) is 0 Å². The number of amides is 1. The van der Waals surface area contributed by atoms with Crippen LogP contribution in [0.25, 0.3) is 11.0 Å². The summed E-state index contributed by atoms with van der Waals surface area (Å²) in [7, 11) is 0. The predicted octanol–water partition coefficient (Wildman–Crippen LogP) is 1.82. The lowest BCUT2D eigenvalue weighted by molar-refractivity contribution is -0.129. The molecule has 0 aliphatic carbocycles. The van der Waals surface area contributed by atoms with E-state index in [2.05, 4.69) is 0 Å². The average molecular weight is 285 g/mol. The lowest BCUT2D eigenvalue weighted by Gasteiger charge is -2.27. The van der Waals surface area contributed by atoms with Crippen LogP contribution in [0.5, 0.6) is 0 Å². The minimum atomic E-state index is -0.461. The Labute approximate surface area is 121 Å². The molecule has 108 valence electrons. The summed E-state index contributed by atoms with van der Waals surface area (Å²) in [5.41, 5.74) is 2.50. The molecule has 2 heterocycles. The Kier molecular flexibility index (Phi) is 3.12. The molecule has 0 spiro atoms. The van der Waals surface area contributed by atoms with Crippen molar-refractivity contribution in [3.05, 3.63) is 44.8 Å². The summed E-state index contributed by atoms with van der Waals surface area (Å²) in [4.78, 5) is 36.6. The molecular formula is C16H15NO4. The summed E-state index contributed by atoms with van der Waals surface area (Å²) in [6.45, 7) is 4.14. The first kappa shape index (κ1) is 13.5. The second-order valence-corrected chi connectivity index (χ2v) is 5.33. The number of hydrogen-bond donors (Lipinski definition) is 0. The zero-order chi connectivity index (χ0) is 15.1. The van der Waals surface area contributed by atoms with Crippen molar-refractivity contribution in [2.24, 2.45) is 0 Å². The van der Waals surface area contributed by atoms with E-state index in [1.807, 2.05) is 12.1 Å². The van der Waals surface area contributed by atoms with Crippen LogP contribution in [0.1, 0.15) is 34.0 Å². The van der Waals surface area contributed by atoms with Crippen molar-refractivity contribution < 1.29 is 14.0 Å². The highest BCUT2D eigenvalue weighted by Gasteiger charge is 2.24. The SMILES string of the molecule is CC(=O)N1CCc2c(c(=O)oc3c(C=O)c(C)ccc23)C1. The standard InChI is InChI=1S/C16H15NO4/c1-9-3-4-12-11-5-6-17(10(2)19)7-13(11)16(20)21-15(12)14(9)8-18/h3-4,8H,5-7H2,1-2H3. The predicted molar refractivity (Wildman–Crippen MR) is 77.4 cm³/mol.